The molecule has 0 saturated heterocycles. The Bertz CT molecular complexity index is 5710. The molecule has 52 heteroatoms. The Hall–Kier alpha value is -19.2. The van der Waals surface area contributed by atoms with E-state index in [4.69, 9.17) is 47.9 Å². The third-order valence-corrected chi connectivity index (χ3v) is 21.1. The molecule has 0 spiro atoms. The fourth-order valence-electron chi connectivity index (χ4n) is 14.6. The van der Waals surface area contributed by atoms with Crippen LogP contribution in [0.4, 0.5) is 0 Å². The van der Waals surface area contributed by atoms with E-state index in [1.807, 2.05) is 0 Å². The summed E-state index contributed by atoms with van der Waals surface area (Å²) in [5.41, 5.74) is -11.6. The predicted octanol–water partition coefficient (Wildman–Crippen LogP) is 1.29. The van der Waals surface area contributed by atoms with E-state index in [2.05, 4.69) is 52.5 Å². The minimum atomic E-state index is -2.04. The number of hydrogen-bond donors (Lipinski definition) is 18. The van der Waals surface area contributed by atoms with Crippen LogP contribution in [0.5, 0.6) is 0 Å². The zero-order chi connectivity index (χ0) is 106. The fraction of sp³-hybridized carbons (Fsp3) is 0.261. The van der Waals surface area contributed by atoms with Crippen molar-refractivity contribution in [2.75, 3.05) is 56.9 Å². The number of hydrogen-bond acceptors (Lipinski definition) is 34. The first-order valence-corrected chi connectivity index (χ1v) is 41.8. The summed E-state index contributed by atoms with van der Waals surface area (Å²) in [6.45, 7) is 0. The van der Waals surface area contributed by atoms with Crippen molar-refractivity contribution in [2.24, 2.45) is 0 Å². The SMILES string of the molecule is COC(=O)C(CC(=O)O)NC(=O)c1cc(C(=O)NC(CC(=O)O)C(=O)OC)cc(-c2c3nc(c(-c4cc(C(=O)NC(CC(=O)O)C(=O)OC)cc(C(=O)NC(CC(=O)O)C(=O)OC)c4)c4ccc([nH]4)c(-c4cc(C(=O)NC(CC(=O)O)C(=O)OC)cc(C(=O)NC(CC(=O)O)C(=O)OC)c4)c4nc(c(-c5cc(C(=O)NC(CC(=O)O)C(=O)OC)cc(C(=O)NC(CC(=O)O)C(=O)OC)c5)c5ccc2[nH]5)C=C4)C=C3)c1. The van der Waals surface area contributed by atoms with Gasteiger partial charge in [-0.2, -0.15) is 0 Å². The average molecular weight is 2000 g/mol. The number of aromatic nitrogens is 4. The van der Waals surface area contributed by atoms with Crippen LogP contribution in [0.2, 0.25) is 0 Å². The van der Waals surface area contributed by atoms with Crippen molar-refractivity contribution >= 4 is 189 Å². The van der Waals surface area contributed by atoms with Crippen LogP contribution in [0, 0.1) is 0 Å². The number of carbonyl (C=O) groups excluding carboxylic acids is 16. The zero-order valence-corrected chi connectivity index (χ0v) is 76.4. The lowest BCUT2D eigenvalue weighted by Crippen LogP contribution is -2.43. The molecule has 754 valence electrons. The largest absolute Gasteiger partial charge is 0.481 e. The van der Waals surface area contributed by atoms with Crippen molar-refractivity contribution in [3.8, 4) is 44.5 Å². The minimum Gasteiger partial charge on any atom is -0.481 e. The first kappa shape index (κ1) is 108. The number of aromatic amines is 2. The van der Waals surface area contributed by atoms with Gasteiger partial charge in [0.15, 0.2) is 0 Å². The molecule has 2 aliphatic rings. The molecule has 8 atom stereocenters. The zero-order valence-electron chi connectivity index (χ0n) is 76.4. The third-order valence-electron chi connectivity index (χ3n) is 21.1. The maximum atomic E-state index is 15.1. The molecule has 52 nitrogen and oxygen atoms in total. The highest BCUT2D eigenvalue weighted by Gasteiger charge is 2.37. The van der Waals surface area contributed by atoms with Gasteiger partial charge in [0.05, 0.1) is 131 Å². The molecule has 7 aromatic rings. The van der Waals surface area contributed by atoms with Crippen molar-refractivity contribution in [1.29, 1.82) is 0 Å². The van der Waals surface area contributed by atoms with Crippen molar-refractivity contribution in [3.63, 3.8) is 0 Å². The number of carboxylic acids is 8. The summed E-state index contributed by atoms with van der Waals surface area (Å²) in [5.74, 6) is -35.4. The first-order chi connectivity index (χ1) is 68.1. The molecular formula is C92H86N12O40. The van der Waals surface area contributed by atoms with E-state index >= 15 is 38.4 Å². The van der Waals surface area contributed by atoms with Gasteiger partial charge < -0.3 is 131 Å². The van der Waals surface area contributed by atoms with Crippen molar-refractivity contribution in [1.82, 2.24) is 62.5 Å². The van der Waals surface area contributed by atoms with E-state index in [9.17, 15) is 118 Å². The van der Waals surface area contributed by atoms with E-state index < -0.39 is 332 Å². The number of fused-ring (bicyclic) bond motifs is 8. The number of rotatable bonds is 44. The molecule has 5 heterocycles. The molecule has 3 aromatic heterocycles. The Kier molecular flexibility index (Phi) is 36.3. The molecule has 0 aliphatic carbocycles. The van der Waals surface area contributed by atoms with Crippen molar-refractivity contribution in [2.45, 2.75) is 99.7 Å². The van der Waals surface area contributed by atoms with Gasteiger partial charge in [0.2, 0.25) is 0 Å². The molecule has 2 aliphatic heterocycles. The van der Waals surface area contributed by atoms with Crippen LogP contribution in [0.15, 0.2) is 97.1 Å². The molecule has 0 saturated carbocycles. The van der Waals surface area contributed by atoms with Crippen LogP contribution >= 0.6 is 0 Å². The molecule has 9 rings (SSSR count). The van der Waals surface area contributed by atoms with E-state index in [1.54, 1.807) is 0 Å². The van der Waals surface area contributed by atoms with Crippen LogP contribution in [-0.2, 0) is 115 Å². The first-order valence-electron chi connectivity index (χ1n) is 41.8. The lowest BCUT2D eigenvalue weighted by Gasteiger charge is -2.18. The Balaban J connectivity index is 1.63. The van der Waals surface area contributed by atoms with Gasteiger partial charge in [0.1, 0.15) is 48.3 Å². The second-order valence-corrected chi connectivity index (χ2v) is 30.9. The number of carbonyl (C=O) groups is 24. The maximum Gasteiger partial charge on any atom is 0.328 e. The van der Waals surface area contributed by atoms with Crippen LogP contribution in [0.3, 0.4) is 0 Å². The number of nitrogens with zero attached hydrogens (tertiary/aromatic N) is 2. The number of amides is 8. The van der Waals surface area contributed by atoms with Gasteiger partial charge in [-0.05, 0) is 144 Å². The molecular weight excluding hydrogens is 1910 g/mol. The second-order valence-electron chi connectivity index (χ2n) is 30.9. The molecule has 0 radical (unpaired) electrons. The number of carboxylic acid groups (broad SMARTS) is 8. The molecule has 4 aromatic carbocycles. The van der Waals surface area contributed by atoms with Gasteiger partial charge in [0, 0.05) is 88.8 Å². The van der Waals surface area contributed by atoms with Crippen molar-refractivity contribution < 1.29 is 194 Å². The number of benzene rings is 4. The Morgan fingerprint density at radius 2 is 0.347 bits per heavy atom. The van der Waals surface area contributed by atoms with Crippen LogP contribution in [-0.4, -0.2) is 309 Å². The summed E-state index contributed by atoms with van der Waals surface area (Å²) < 4.78 is 38.4. The molecule has 144 heavy (non-hydrogen) atoms. The predicted molar refractivity (Wildman–Crippen MR) is 485 cm³/mol. The lowest BCUT2D eigenvalue weighted by molar-refractivity contribution is -0.147. The number of methoxy groups -OCH3 is 8. The summed E-state index contributed by atoms with van der Waals surface area (Å²) in [7, 11) is 6.66. The summed E-state index contributed by atoms with van der Waals surface area (Å²) >= 11 is 0. The van der Waals surface area contributed by atoms with Crippen LogP contribution < -0.4 is 42.5 Å². The van der Waals surface area contributed by atoms with Gasteiger partial charge in [-0.1, -0.05) is 0 Å². The summed E-state index contributed by atoms with van der Waals surface area (Å²) in [4.78, 5) is 343. The topological polar surface area (TPSA) is 799 Å². The average Bonchev–Trinajstić information content (AvgIpc) is 1.59. The van der Waals surface area contributed by atoms with Gasteiger partial charge in [0.25, 0.3) is 47.3 Å². The van der Waals surface area contributed by atoms with Crippen molar-refractivity contribution in [3.05, 3.63) is 164 Å². The Morgan fingerprint density at radius 3 is 0.458 bits per heavy atom. The van der Waals surface area contributed by atoms with Gasteiger partial charge in [-0.25, -0.2) is 48.3 Å². The molecule has 8 unspecified atom stereocenters. The van der Waals surface area contributed by atoms with E-state index in [-0.39, 0.29) is 44.3 Å². The standard InChI is InChI=1S/C92H86N12O40/c1-137-85(129)57(29-65(105)106)97-77(121)41-17-37(18-42(25-41)78(122)98-58(30-66(107)108)86(130)138-2)73-49-9-11-51(93-49)74(38-19-43(79(123)99-59(31-67(109)110)87(131)139-3)26-44(20-38)80(124)100-60(32-68(111)112)88(132)140-4)53-13-15-55(95-53)76(40-23-47(83(127)103-63(35-71(117)118)91(135)143-7)28-48(24-40)84(128)104-64(36-72(119)120)92(136)144-8)56-16-14-54(96-56)75(52-12-10-50(73)94-52)39-21-45(81(125)101-61(33-69(113)114)89(133)141-5)27-46(22-39)82(126)102-62(34-70(115)116)90(134)142-6/h9-28,57-64,93,96H,29-36H2,1-8H3,(H,97,121)(H,98,122)(H,99,123)(H,100,124)(H,101,125)(H,102,126)(H,103,127)(H,104,128)(H,105,106)(H,107,108)(H,109,110)(H,111,112)(H,113,114)(H,115,116)(H,117,118)(H,119,120). The van der Waals surface area contributed by atoms with E-state index in [0.717, 1.165) is 130 Å². The monoisotopic (exact) mass is 2000 g/mol. The molecule has 18 N–H and O–H groups in total. The molecule has 8 bridgehead atoms. The summed E-state index contributed by atoms with van der Waals surface area (Å²) in [5, 5.41) is 97.7. The van der Waals surface area contributed by atoms with Gasteiger partial charge in [-0.15, -0.1) is 0 Å². The molecule has 8 amide bonds. The summed E-state index contributed by atoms with van der Waals surface area (Å²) in [6, 6.07) is -0.173. The Morgan fingerprint density at radius 1 is 0.222 bits per heavy atom. The number of esters is 8. The fourth-order valence-corrected chi connectivity index (χ4v) is 14.6. The maximum absolute atomic E-state index is 15.1. The van der Waals surface area contributed by atoms with Crippen LogP contribution in [0.25, 0.3) is 90.9 Å². The molecule has 0 fully saturated rings. The number of H-pyrrole nitrogens is 2. The lowest BCUT2D eigenvalue weighted by atomic mass is 9.97. The van der Waals surface area contributed by atoms with Gasteiger partial charge >= 0.3 is 95.5 Å². The number of aliphatic carboxylic acids is 8. The second kappa shape index (κ2) is 48.2. The normalized spacial score (nSPS) is 12.7. The Labute approximate surface area is 807 Å². The highest BCUT2D eigenvalue weighted by molar-refractivity contribution is 6.12. The summed E-state index contributed by atoms with van der Waals surface area (Å²) in [6.07, 6.45) is -4.54. The third kappa shape index (κ3) is 27.6. The smallest absolute Gasteiger partial charge is 0.328 e. The quantitative estimate of drug-likeness (QED) is 0.0189. The highest BCUT2D eigenvalue weighted by atomic mass is 16.6. The van der Waals surface area contributed by atoms with E-state index in [1.165, 1.54) is 48.6 Å². The highest BCUT2D eigenvalue weighted by Crippen LogP contribution is 2.41. The minimum absolute atomic E-state index is 0.310. The number of nitrogens with one attached hydrogen (secondary N) is 10. The van der Waals surface area contributed by atoms with Gasteiger partial charge in [-0.3, -0.25) is 76.7 Å². The van der Waals surface area contributed by atoms with Crippen LogP contribution in [0.1, 0.15) is 157 Å². The van der Waals surface area contributed by atoms with E-state index in [0.29, 0.717) is 0 Å². The number of ether oxygens (including phenoxy) is 8.